The molecule has 0 aliphatic carbocycles. The molecule has 1 aliphatic heterocycles. The third-order valence-corrected chi connectivity index (χ3v) is 6.93. The first-order valence-corrected chi connectivity index (χ1v) is 12.3. The number of thioether (sulfide) groups is 1. The number of halogens is 2. The molecule has 2 aromatic rings. The minimum Gasteiger partial charge on any atom is -0.487 e. The van der Waals surface area contributed by atoms with Crippen LogP contribution in [0, 0.1) is 14.1 Å². The molecular formula is C22H22I2N2O2S. The van der Waals surface area contributed by atoms with Gasteiger partial charge in [0.2, 0.25) is 0 Å². The monoisotopic (exact) mass is 632 g/mol. The van der Waals surface area contributed by atoms with Crippen LogP contribution in [0.25, 0.3) is 6.08 Å². The first kappa shape index (κ1) is 22.6. The smallest absolute Gasteiger partial charge is 0.266 e. The maximum atomic E-state index is 12.7. The van der Waals surface area contributed by atoms with Crippen molar-refractivity contribution in [1.82, 2.24) is 4.90 Å². The summed E-state index contributed by atoms with van der Waals surface area (Å²) >= 11 is 6.04. The third kappa shape index (κ3) is 5.55. The maximum absolute atomic E-state index is 12.7. The lowest BCUT2D eigenvalue weighted by molar-refractivity contribution is -0.122. The average molecular weight is 632 g/mol. The molecule has 0 saturated carbocycles. The summed E-state index contributed by atoms with van der Waals surface area (Å²) in [4.78, 5) is 19.6. The van der Waals surface area contributed by atoms with Crippen molar-refractivity contribution in [3.63, 3.8) is 0 Å². The van der Waals surface area contributed by atoms with Gasteiger partial charge in [0, 0.05) is 13.1 Å². The van der Waals surface area contributed by atoms with Crippen molar-refractivity contribution in [3.05, 3.63) is 65.1 Å². The van der Waals surface area contributed by atoms with E-state index in [0.717, 1.165) is 29.2 Å². The molecule has 0 atom stereocenters. The topological polar surface area (TPSA) is 41.9 Å². The molecule has 7 heteroatoms. The zero-order valence-electron chi connectivity index (χ0n) is 16.5. The lowest BCUT2D eigenvalue weighted by Crippen LogP contribution is -2.28. The van der Waals surface area contributed by atoms with Gasteiger partial charge >= 0.3 is 0 Å². The molecule has 0 bridgehead atoms. The zero-order chi connectivity index (χ0) is 21.0. The number of hydrogen-bond acceptors (Lipinski definition) is 4. The van der Waals surface area contributed by atoms with Gasteiger partial charge in [0.25, 0.3) is 5.91 Å². The highest BCUT2D eigenvalue weighted by Crippen LogP contribution is 2.35. The Hall–Kier alpha value is -1.07. The Bertz CT molecular complexity index is 966. The lowest BCUT2D eigenvalue weighted by atomic mass is 10.1. The fraction of sp³-hybridized carbons (Fsp3) is 0.273. The molecule has 152 valence electrons. The summed E-state index contributed by atoms with van der Waals surface area (Å²) in [6.07, 6.45) is 1.95. The number of ether oxygens (including phenoxy) is 1. The number of likely N-dealkylation sites (N-methyl/N-ethyl adjacent to an activating group) is 1. The molecule has 1 saturated heterocycles. The summed E-state index contributed by atoms with van der Waals surface area (Å²) in [6.45, 7) is 7.86. The van der Waals surface area contributed by atoms with E-state index in [0.29, 0.717) is 24.6 Å². The van der Waals surface area contributed by atoms with Crippen LogP contribution >= 0.6 is 56.9 Å². The van der Waals surface area contributed by atoms with Gasteiger partial charge < -0.3 is 4.74 Å². The molecule has 3 rings (SSSR count). The van der Waals surface area contributed by atoms with Gasteiger partial charge in [-0.1, -0.05) is 29.8 Å². The summed E-state index contributed by atoms with van der Waals surface area (Å²) in [7, 11) is 0. The molecule has 0 unspecified atom stereocenters. The number of aliphatic imine (C=N–C) groups is 1. The summed E-state index contributed by atoms with van der Waals surface area (Å²) in [5.41, 5.74) is 3.37. The number of amidine groups is 1. The van der Waals surface area contributed by atoms with Crippen LogP contribution in [0.5, 0.6) is 5.75 Å². The molecule has 1 heterocycles. The second-order valence-corrected chi connectivity index (χ2v) is 9.84. The number of amides is 1. The Morgan fingerprint density at radius 3 is 2.52 bits per heavy atom. The lowest BCUT2D eigenvalue weighted by Gasteiger charge is -2.12. The number of benzene rings is 2. The van der Waals surface area contributed by atoms with E-state index in [1.54, 1.807) is 4.90 Å². The van der Waals surface area contributed by atoms with Gasteiger partial charge in [-0.3, -0.25) is 14.7 Å². The number of hydrogen-bond donors (Lipinski definition) is 0. The number of aryl methyl sites for hydroxylation is 1. The van der Waals surface area contributed by atoms with Gasteiger partial charge in [0.15, 0.2) is 5.17 Å². The van der Waals surface area contributed by atoms with Gasteiger partial charge in [-0.2, -0.15) is 0 Å². The van der Waals surface area contributed by atoms with Gasteiger partial charge in [0.05, 0.1) is 12.0 Å². The number of carbonyl (C=O) groups is 1. The predicted octanol–water partition coefficient (Wildman–Crippen LogP) is 6.10. The van der Waals surface area contributed by atoms with Crippen LogP contribution in [-0.2, 0) is 11.4 Å². The third-order valence-electron chi connectivity index (χ3n) is 4.28. The summed E-state index contributed by atoms with van der Waals surface area (Å²) in [5, 5.41) is 0.786. The molecule has 0 spiro atoms. The molecule has 4 nitrogen and oxygen atoms in total. The van der Waals surface area contributed by atoms with Gasteiger partial charge in [-0.05, 0) is 107 Å². The minimum atomic E-state index is 0.0227. The molecule has 29 heavy (non-hydrogen) atoms. The van der Waals surface area contributed by atoms with Crippen LogP contribution in [0.4, 0.5) is 0 Å². The van der Waals surface area contributed by atoms with E-state index in [4.69, 9.17) is 4.74 Å². The Labute approximate surface area is 203 Å². The van der Waals surface area contributed by atoms with Crippen molar-refractivity contribution >= 4 is 74.1 Å². The van der Waals surface area contributed by atoms with Crippen molar-refractivity contribution in [1.29, 1.82) is 0 Å². The number of nitrogens with zero attached hydrogens (tertiary/aromatic N) is 2. The normalized spacial score (nSPS) is 16.9. The van der Waals surface area contributed by atoms with Crippen molar-refractivity contribution in [3.8, 4) is 5.75 Å². The number of carbonyl (C=O) groups excluding carboxylic acids is 1. The first-order chi connectivity index (χ1) is 13.9. The van der Waals surface area contributed by atoms with Crippen LogP contribution in [0.2, 0.25) is 0 Å². The zero-order valence-corrected chi connectivity index (χ0v) is 21.7. The van der Waals surface area contributed by atoms with Gasteiger partial charge in [0.1, 0.15) is 12.4 Å². The first-order valence-electron chi connectivity index (χ1n) is 9.36. The van der Waals surface area contributed by atoms with Crippen LogP contribution in [-0.4, -0.2) is 29.1 Å². The molecule has 1 fully saturated rings. The quantitative estimate of drug-likeness (QED) is 0.286. The van der Waals surface area contributed by atoms with E-state index in [2.05, 4.69) is 87.4 Å². The number of rotatable bonds is 6. The van der Waals surface area contributed by atoms with Crippen LogP contribution in [0.3, 0.4) is 0 Å². The fourth-order valence-electron chi connectivity index (χ4n) is 2.95. The Morgan fingerprint density at radius 2 is 1.90 bits per heavy atom. The van der Waals surface area contributed by atoms with Gasteiger partial charge in [-0.15, -0.1) is 0 Å². The van der Waals surface area contributed by atoms with E-state index in [1.807, 2.05) is 26.0 Å². The Balaban J connectivity index is 1.81. The van der Waals surface area contributed by atoms with E-state index in [-0.39, 0.29) is 5.91 Å². The summed E-state index contributed by atoms with van der Waals surface area (Å²) < 4.78 is 8.16. The van der Waals surface area contributed by atoms with Crippen LogP contribution in [0.1, 0.15) is 30.5 Å². The fourth-order valence-corrected chi connectivity index (χ4v) is 6.18. The summed E-state index contributed by atoms with van der Waals surface area (Å²) in [6, 6.07) is 12.4. The molecule has 0 radical (unpaired) electrons. The standard InChI is InChI=1S/C22H22I2N2O2S/c1-4-25-22-26(5-2)21(27)19(29-22)12-16-10-17(23)20(18(24)11-16)28-13-15-8-6-7-14(3)9-15/h6-12H,4-5,13H2,1-3H3/b19-12+,25-22?. The Kier molecular flexibility index (Phi) is 8.03. The average Bonchev–Trinajstić information content (AvgIpc) is 2.96. The second-order valence-electron chi connectivity index (χ2n) is 6.51. The van der Waals surface area contributed by atoms with Crippen molar-refractivity contribution in [2.45, 2.75) is 27.4 Å². The molecular weight excluding hydrogens is 610 g/mol. The molecule has 0 N–H and O–H groups in total. The SMILES string of the molecule is CCN=C1S/C(=C/c2cc(I)c(OCc3cccc(C)c3)c(I)c2)C(=O)N1CC. The molecule has 2 aromatic carbocycles. The van der Waals surface area contributed by atoms with E-state index in [1.165, 1.54) is 17.3 Å². The van der Waals surface area contributed by atoms with Crippen LogP contribution < -0.4 is 4.74 Å². The molecule has 1 amide bonds. The molecule has 0 aromatic heterocycles. The van der Waals surface area contributed by atoms with Crippen molar-refractivity contribution in [2.75, 3.05) is 13.1 Å². The van der Waals surface area contributed by atoms with Gasteiger partial charge in [-0.25, -0.2) is 0 Å². The van der Waals surface area contributed by atoms with E-state index in [9.17, 15) is 4.79 Å². The second kappa shape index (κ2) is 10.3. The highest BCUT2D eigenvalue weighted by atomic mass is 127. The predicted molar refractivity (Wildman–Crippen MR) is 138 cm³/mol. The summed E-state index contributed by atoms with van der Waals surface area (Å²) in [5.74, 6) is 0.901. The highest BCUT2D eigenvalue weighted by molar-refractivity contribution is 14.1. The Morgan fingerprint density at radius 1 is 1.17 bits per heavy atom. The highest BCUT2D eigenvalue weighted by Gasteiger charge is 2.31. The maximum Gasteiger partial charge on any atom is 0.266 e. The van der Waals surface area contributed by atoms with Crippen molar-refractivity contribution in [2.24, 2.45) is 4.99 Å². The van der Waals surface area contributed by atoms with E-state index >= 15 is 0 Å². The molecule has 1 aliphatic rings. The minimum absolute atomic E-state index is 0.0227. The van der Waals surface area contributed by atoms with Crippen LogP contribution in [0.15, 0.2) is 46.3 Å². The van der Waals surface area contributed by atoms with Crippen molar-refractivity contribution < 1.29 is 9.53 Å². The van der Waals surface area contributed by atoms with E-state index < -0.39 is 0 Å². The largest absolute Gasteiger partial charge is 0.487 e.